The molecule has 2 unspecified atom stereocenters. The van der Waals surface area contributed by atoms with Gasteiger partial charge in [-0.05, 0) is 50.6 Å². The molecule has 2 aliphatic rings. The van der Waals surface area contributed by atoms with E-state index >= 15 is 0 Å². The molecule has 0 aliphatic carbocycles. The fourth-order valence-corrected chi connectivity index (χ4v) is 2.75. The Labute approximate surface area is 104 Å². The minimum Gasteiger partial charge on any atom is -0.338 e. The molecule has 2 rings (SSSR count). The van der Waals surface area contributed by atoms with Gasteiger partial charge in [0, 0.05) is 19.6 Å². The van der Waals surface area contributed by atoms with Gasteiger partial charge >= 0.3 is 6.03 Å². The van der Waals surface area contributed by atoms with Gasteiger partial charge in [0.25, 0.3) is 0 Å². The van der Waals surface area contributed by atoms with Crippen LogP contribution in [0.3, 0.4) is 0 Å². The Bertz CT molecular complexity index is 251. The van der Waals surface area contributed by atoms with Crippen molar-refractivity contribution in [3.8, 4) is 0 Å². The maximum absolute atomic E-state index is 11.9. The lowest BCUT2D eigenvalue weighted by Crippen LogP contribution is -2.47. The normalized spacial score (nSPS) is 30.1. The third-order valence-corrected chi connectivity index (χ3v) is 4.15. The summed E-state index contributed by atoms with van der Waals surface area (Å²) in [6, 6.07) is 0.141. The first-order chi connectivity index (χ1) is 8.27. The number of hydrogen-bond donors (Lipinski definition) is 2. The summed E-state index contributed by atoms with van der Waals surface area (Å²) in [5.74, 6) is 1.32. The lowest BCUT2D eigenvalue weighted by Gasteiger charge is -2.31. The number of likely N-dealkylation sites (tertiary alicyclic amines) is 1. The summed E-state index contributed by atoms with van der Waals surface area (Å²) in [4.78, 5) is 13.9. The second-order valence-corrected chi connectivity index (χ2v) is 5.46. The number of nitrogens with zero attached hydrogens (tertiary/aromatic N) is 1. The van der Waals surface area contributed by atoms with Gasteiger partial charge in [-0.3, -0.25) is 0 Å². The molecule has 0 aromatic heterocycles. The zero-order valence-corrected chi connectivity index (χ0v) is 10.9. The maximum atomic E-state index is 11.9. The summed E-state index contributed by atoms with van der Waals surface area (Å²) in [7, 11) is 0. The van der Waals surface area contributed by atoms with Crippen molar-refractivity contribution >= 4 is 6.03 Å². The van der Waals surface area contributed by atoms with E-state index in [1.54, 1.807) is 0 Å². The standard InChI is InChI=1S/C13H25N3O/c1-11-5-6-14-9-12(11)10-15-13(17)16-7-3-2-4-8-16/h11-12,14H,2-10H2,1H3,(H,15,17). The molecule has 4 heteroatoms. The second kappa shape index (κ2) is 6.24. The molecule has 0 aromatic rings. The predicted octanol–water partition coefficient (Wildman–Crippen LogP) is 1.43. The van der Waals surface area contributed by atoms with Crippen molar-refractivity contribution in [2.45, 2.75) is 32.6 Å². The summed E-state index contributed by atoms with van der Waals surface area (Å²) in [5.41, 5.74) is 0. The summed E-state index contributed by atoms with van der Waals surface area (Å²) >= 11 is 0. The molecule has 0 bridgehead atoms. The molecular formula is C13H25N3O. The van der Waals surface area contributed by atoms with Crippen LogP contribution in [0.15, 0.2) is 0 Å². The van der Waals surface area contributed by atoms with Crippen LogP contribution >= 0.6 is 0 Å². The lowest BCUT2D eigenvalue weighted by molar-refractivity contribution is 0.180. The minimum atomic E-state index is 0.141. The number of carbonyl (C=O) groups is 1. The van der Waals surface area contributed by atoms with E-state index in [9.17, 15) is 4.79 Å². The third-order valence-electron chi connectivity index (χ3n) is 4.15. The van der Waals surface area contributed by atoms with Crippen molar-refractivity contribution in [2.75, 3.05) is 32.7 Å². The van der Waals surface area contributed by atoms with Crippen molar-refractivity contribution in [3.05, 3.63) is 0 Å². The third kappa shape index (κ3) is 3.60. The Morgan fingerprint density at radius 3 is 2.82 bits per heavy atom. The van der Waals surface area contributed by atoms with E-state index in [2.05, 4.69) is 17.6 Å². The van der Waals surface area contributed by atoms with Crippen molar-refractivity contribution in [1.82, 2.24) is 15.5 Å². The smallest absolute Gasteiger partial charge is 0.317 e. The molecule has 0 radical (unpaired) electrons. The number of hydrogen-bond acceptors (Lipinski definition) is 2. The number of piperidine rings is 2. The van der Waals surface area contributed by atoms with E-state index in [0.29, 0.717) is 5.92 Å². The van der Waals surface area contributed by atoms with Crippen molar-refractivity contribution in [2.24, 2.45) is 11.8 Å². The summed E-state index contributed by atoms with van der Waals surface area (Å²) in [5, 5.41) is 6.50. The highest BCUT2D eigenvalue weighted by Crippen LogP contribution is 2.17. The van der Waals surface area contributed by atoms with Crippen LogP contribution in [0.5, 0.6) is 0 Å². The van der Waals surface area contributed by atoms with Crippen LogP contribution in [0.25, 0.3) is 0 Å². The Morgan fingerprint density at radius 1 is 1.35 bits per heavy atom. The number of rotatable bonds is 2. The predicted molar refractivity (Wildman–Crippen MR) is 69.0 cm³/mol. The Balaban J connectivity index is 1.71. The molecule has 17 heavy (non-hydrogen) atoms. The second-order valence-electron chi connectivity index (χ2n) is 5.46. The van der Waals surface area contributed by atoms with Gasteiger partial charge in [-0.25, -0.2) is 4.79 Å². The number of nitrogens with one attached hydrogen (secondary N) is 2. The van der Waals surface area contributed by atoms with Gasteiger partial charge < -0.3 is 15.5 Å². The molecule has 0 spiro atoms. The highest BCUT2D eigenvalue weighted by molar-refractivity contribution is 5.74. The molecule has 0 saturated carbocycles. The SMILES string of the molecule is CC1CCNCC1CNC(=O)N1CCCCC1. The van der Waals surface area contributed by atoms with E-state index in [4.69, 9.17) is 0 Å². The Morgan fingerprint density at radius 2 is 2.12 bits per heavy atom. The molecule has 2 saturated heterocycles. The molecule has 2 aliphatic heterocycles. The molecule has 2 amide bonds. The van der Waals surface area contributed by atoms with Crippen LogP contribution in [0.4, 0.5) is 4.79 Å². The maximum Gasteiger partial charge on any atom is 0.317 e. The van der Waals surface area contributed by atoms with E-state index in [1.807, 2.05) is 4.90 Å². The molecular weight excluding hydrogens is 214 g/mol. The average Bonchev–Trinajstić information content (AvgIpc) is 2.38. The largest absolute Gasteiger partial charge is 0.338 e. The fraction of sp³-hybridized carbons (Fsp3) is 0.923. The Kier molecular flexibility index (Phi) is 4.66. The molecule has 2 N–H and O–H groups in total. The van der Waals surface area contributed by atoms with Gasteiger partial charge in [0.2, 0.25) is 0 Å². The minimum absolute atomic E-state index is 0.141. The van der Waals surface area contributed by atoms with Gasteiger partial charge in [0.1, 0.15) is 0 Å². The summed E-state index contributed by atoms with van der Waals surface area (Å²) in [6.07, 6.45) is 4.82. The van der Waals surface area contributed by atoms with Crippen LogP contribution in [0.1, 0.15) is 32.6 Å². The quantitative estimate of drug-likeness (QED) is 0.765. The van der Waals surface area contributed by atoms with Gasteiger partial charge in [0.15, 0.2) is 0 Å². The zero-order chi connectivity index (χ0) is 12.1. The van der Waals surface area contributed by atoms with Crippen LogP contribution in [-0.4, -0.2) is 43.7 Å². The van der Waals surface area contributed by atoms with Crippen LogP contribution in [0, 0.1) is 11.8 Å². The van der Waals surface area contributed by atoms with E-state index in [1.165, 1.54) is 12.8 Å². The zero-order valence-electron chi connectivity index (χ0n) is 10.9. The monoisotopic (exact) mass is 239 g/mol. The average molecular weight is 239 g/mol. The van der Waals surface area contributed by atoms with Gasteiger partial charge in [-0.1, -0.05) is 6.92 Å². The summed E-state index contributed by atoms with van der Waals surface area (Å²) < 4.78 is 0. The van der Waals surface area contributed by atoms with Crippen molar-refractivity contribution in [1.29, 1.82) is 0 Å². The molecule has 2 heterocycles. The first kappa shape index (κ1) is 12.7. The van der Waals surface area contributed by atoms with Crippen molar-refractivity contribution < 1.29 is 4.79 Å². The van der Waals surface area contributed by atoms with E-state index in [-0.39, 0.29) is 6.03 Å². The topological polar surface area (TPSA) is 44.4 Å². The van der Waals surface area contributed by atoms with Gasteiger partial charge in [0.05, 0.1) is 0 Å². The molecule has 2 fully saturated rings. The Hall–Kier alpha value is -0.770. The van der Waals surface area contributed by atoms with Crippen LogP contribution < -0.4 is 10.6 Å². The van der Waals surface area contributed by atoms with Crippen molar-refractivity contribution in [3.63, 3.8) is 0 Å². The highest BCUT2D eigenvalue weighted by atomic mass is 16.2. The first-order valence-corrected chi connectivity index (χ1v) is 7.01. The van der Waals surface area contributed by atoms with Gasteiger partial charge in [-0.2, -0.15) is 0 Å². The molecule has 98 valence electrons. The van der Waals surface area contributed by atoms with E-state index in [0.717, 1.165) is 51.5 Å². The number of carbonyl (C=O) groups excluding carboxylic acids is 1. The fourth-order valence-electron chi connectivity index (χ4n) is 2.75. The number of urea groups is 1. The lowest BCUT2D eigenvalue weighted by atomic mass is 9.88. The van der Waals surface area contributed by atoms with Crippen LogP contribution in [0.2, 0.25) is 0 Å². The molecule has 0 aromatic carbocycles. The number of amides is 2. The molecule has 4 nitrogen and oxygen atoms in total. The van der Waals surface area contributed by atoms with E-state index < -0.39 is 0 Å². The highest BCUT2D eigenvalue weighted by Gasteiger charge is 2.23. The van der Waals surface area contributed by atoms with Gasteiger partial charge in [-0.15, -0.1) is 0 Å². The first-order valence-electron chi connectivity index (χ1n) is 7.01. The summed E-state index contributed by atoms with van der Waals surface area (Å²) in [6.45, 7) is 7.15. The molecule has 2 atom stereocenters. The van der Waals surface area contributed by atoms with Crippen LogP contribution in [-0.2, 0) is 0 Å².